The summed E-state index contributed by atoms with van der Waals surface area (Å²) in [6.07, 6.45) is 12.1. The average Bonchev–Trinajstić information content (AvgIpc) is 1.54. The standard InChI is InChI=1S/C14H18F3.C10H14F3.C9H13F3.C9H14F.C9H15.C8H13F.6C2H6.10Rf/c1-13(14(15,16)17)6-9-5-10(13)12-8-3-2-7(4-8)11(9)12;1-6-7-3-4-8(5-7)9(6,2)10(11,12)13;1-8(9(10,11)12)5-6-2-3-7(8)4-6;1-6-7-3-4-8(5-7)9(6,2)10;1-6-7(2)9-4-3-8(6)5-9;1-8(9)5-6-2-3-7(8)4-6;6*1-2;;;;;;;;;;/h5,7-12H,2-4,6H2,1H3;7-8H,3-5H2,1-2H3;6-7H,2-5H2,1H3;7-8H,3-5H2,1-2H3;6,8-9H,3-5H2,1-2H3;6-7H,2-5H2,1H3;6*1-2H3;;;;;;;;;;/q2*-1;;2*-1;;;;;;;;;;;;;;;;;. The quantitative estimate of drug-likeness (QED) is 0.129. The summed E-state index contributed by atoms with van der Waals surface area (Å²) in [5.74, 6) is 11.7. The van der Waals surface area contributed by atoms with Crippen LogP contribution < -0.4 is 0 Å². The second kappa shape index (κ2) is 35.4. The fourth-order valence-corrected chi connectivity index (χ4v) is 19.6. The van der Waals surface area contributed by atoms with Gasteiger partial charge in [0.05, 0.1) is 5.41 Å². The molecule has 0 spiro atoms. The first-order valence-electron chi connectivity index (χ1n) is 34.3. The summed E-state index contributed by atoms with van der Waals surface area (Å²) in [7, 11) is 0. The van der Waals surface area contributed by atoms with Gasteiger partial charge in [0.2, 0.25) is 0 Å². The maximum absolute atomic E-state index is 13.7. The zero-order valence-corrected chi connectivity index (χ0v) is 127. The normalized spacial score (nSPS) is 40.5. The van der Waals surface area contributed by atoms with Crippen molar-refractivity contribution in [3.8, 4) is 0 Å². The van der Waals surface area contributed by atoms with E-state index in [2.05, 4.69) is 20.3 Å². The average molecular weight is 3860 g/mol. The molecule has 508 valence electrons. The Morgan fingerprint density at radius 1 is 0.370 bits per heavy atom. The molecule has 22 unspecified atom stereocenters. The predicted molar refractivity (Wildman–Crippen MR) is 323 cm³/mol. The van der Waals surface area contributed by atoms with Gasteiger partial charge in [-0.15, -0.1) is 5.92 Å². The van der Waals surface area contributed by atoms with Crippen LogP contribution in [0.25, 0.3) is 0 Å². The van der Waals surface area contributed by atoms with Gasteiger partial charge in [-0.2, -0.15) is 89.9 Å². The smallest absolute Gasteiger partial charge is 0.321 e. The molecule has 0 aromatic heterocycles. The molecule has 0 aliphatic heterocycles. The molecule has 14 rings (SSSR count). The molecule has 0 amide bonds. The molecule has 0 radical (unpaired) electrons. The van der Waals surface area contributed by atoms with Gasteiger partial charge in [-0.3, -0.25) is 16.2 Å². The third kappa shape index (κ3) is 16.5. The van der Waals surface area contributed by atoms with Gasteiger partial charge in [0.1, 0.15) is 5.67 Å². The van der Waals surface area contributed by atoms with Crippen LogP contribution in [0.5, 0.6) is 0 Å². The summed E-state index contributed by atoms with van der Waals surface area (Å²) in [6.45, 7) is 40.2. The zero-order chi connectivity index (χ0) is 63.1. The van der Waals surface area contributed by atoms with Crippen molar-refractivity contribution >= 4 is 0 Å². The van der Waals surface area contributed by atoms with Crippen LogP contribution in [0.4, 0.5) is 48.3 Å². The number of alkyl halides is 11. The largest absolute Gasteiger partial charge is 0.394 e. The van der Waals surface area contributed by atoms with Gasteiger partial charge in [0.15, 0.2) is 0 Å². The van der Waals surface area contributed by atoms with Gasteiger partial charge < -0.3 is 12.3 Å². The summed E-state index contributed by atoms with van der Waals surface area (Å²) in [5.41, 5.74) is -5.94. The molecule has 14 bridgehead atoms. The van der Waals surface area contributed by atoms with Gasteiger partial charge in [-0.05, 0) is 118 Å². The van der Waals surface area contributed by atoms with E-state index in [-0.39, 0.29) is 29.6 Å². The second-order valence-electron chi connectivity index (χ2n) is 27.7. The summed E-state index contributed by atoms with van der Waals surface area (Å²) in [6, 6.07) is 0. The molecule has 14 aliphatic carbocycles. The van der Waals surface area contributed by atoms with E-state index >= 15 is 0 Å². The Bertz CT molecular complexity index is 1860. The molecule has 0 aromatic rings. The maximum Gasteiger partial charge on any atom is 0.394 e. The Hall–Kier alpha value is -10.8. The Balaban J connectivity index is -0.000000147. The second-order valence-corrected chi connectivity index (χ2v) is 27.7. The van der Waals surface area contributed by atoms with Crippen molar-refractivity contribution in [3.05, 3.63) is 24.2 Å². The van der Waals surface area contributed by atoms with E-state index in [4.69, 9.17) is 0 Å². The first kappa shape index (κ1) is 97.5. The van der Waals surface area contributed by atoms with Crippen LogP contribution in [0, 0.1) is 141 Å². The van der Waals surface area contributed by atoms with Gasteiger partial charge >= 0.3 is 18.5 Å². The third-order valence-electron chi connectivity index (χ3n) is 24.7. The van der Waals surface area contributed by atoms with Crippen molar-refractivity contribution in [2.45, 2.75) is 310 Å². The summed E-state index contributed by atoms with van der Waals surface area (Å²) in [4.78, 5) is 0. The van der Waals surface area contributed by atoms with Gasteiger partial charge in [-0.25, -0.2) is 4.39 Å². The predicted octanol–water partition coefficient (Wildman–Crippen LogP) is 25.1. The van der Waals surface area contributed by atoms with E-state index in [1.807, 2.05) is 90.0 Å². The third-order valence-corrected chi connectivity index (χ3v) is 24.7. The minimum Gasteiger partial charge on any atom is -0.321 e. The molecule has 0 saturated heterocycles. The topological polar surface area (TPSA) is 0 Å². The molecule has 0 heterocycles. The van der Waals surface area contributed by atoms with E-state index in [9.17, 15) is 48.3 Å². The minimum atomic E-state index is -4.04. The number of hydrogen-bond acceptors (Lipinski definition) is 0. The van der Waals surface area contributed by atoms with Gasteiger partial charge in [-0.1, -0.05) is 217 Å². The molecular formula is C71H123F11Rf10-4. The molecule has 14 aliphatic rings. The summed E-state index contributed by atoms with van der Waals surface area (Å²) >= 11 is 0. The molecule has 0 N–H and O–H groups in total. The van der Waals surface area contributed by atoms with Crippen LogP contribution in [0.15, 0.2) is 0 Å². The first-order chi connectivity index (χ1) is 38.3. The van der Waals surface area contributed by atoms with Crippen LogP contribution in [0.3, 0.4) is 0 Å². The summed E-state index contributed by atoms with van der Waals surface area (Å²) < 4.78 is 143. The van der Waals surface area contributed by atoms with Crippen LogP contribution >= 0.6 is 0 Å². The van der Waals surface area contributed by atoms with Crippen molar-refractivity contribution in [3.63, 3.8) is 0 Å². The number of hydrogen-bond donors (Lipinski definition) is 0. The van der Waals surface area contributed by atoms with E-state index in [0.717, 1.165) is 99.7 Å². The first-order valence-corrected chi connectivity index (χ1v) is 34.3. The van der Waals surface area contributed by atoms with Crippen molar-refractivity contribution in [1.29, 1.82) is 0 Å². The molecule has 0 nitrogen and oxygen atoms in total. The van der Waals surface area contributed by atoms with Crippen LogP contribution in [0.2, 0.25) is 0 Å². The van der Waals surface area contributed by atoms with Crippen molar-refractivity contribution in [2.24, 2.45) is 117 Å². The molecule has 14 fully saturated rings. The molecular weight excluding hydrogens is 3730 g/mol. The molecule has 0 aromatic carbocycles. The number of rotatable bonds is 0. The number of halogens is 11. The SMILES string of the molecule is CC.CC.CC.CC.CC.CC.CC1(C(F)(F)F)CC2CCC1C2.CC1(C(F)(F)F)CC2[CH-]C1C1C3CCC(C3)C21.CC1(F)CC2CCC1C2.C[C-]1C2CCC(C2)C1(C)C(F)(F)F.C[C-]1C2CCC(C2)C1(C)F.C[C-]1C2CCC(C2)C1C.[Rf].[Rf].[Rf].[Rf].[Rf].[Rf].[Rf].[Rf].[Rf].[Rf]. The van der Waals surface area contributed by atoms with Crippen LogP contribution in [-0.2, 0) is 0 Å². The Labute approximate surface area is 497 Å². The minimum absolute atomic E-state index is 0. The van der Waals surface area contributed by atoms with Gasteiger partial charge in [0, 0.05) is 5.41 Å². The monoisotopic (exact) mass is 3860 g/mol. The van der Waals surface area contributed by atoms with Crippen LogP contribution in [0.1, 0.15) is 280 Å². The summed E-state index contributed by atoms with van der Waals surface area (Å²) in [5, 5.41) is 0. The molecule has 14 saturated carbocycles. The molecule has 92 heavy (non-hydrogen) atoms. The van der Waals surface area contributed by atoms with E-state index in [0.29, 0.717) is 60.2 Å². The molecule has 21 heteroatoms. The van der Waals surface area contributed by atoms with E-state index in [1.165, 1.54) is 78.6 Å². The van der Waals surface area contributed by atoms with Crippen LogP contribution in [-0.4, -0.2) is 29.9 Å². The van der Waals surface area contributed by atoms with E-state index in [1.54, 1.807) is 26.7 Å². The van der Waals surface area contributed by atoms with E-state index < -0.39 is 46.1 Å². The fourth-order valence-electron chi connectivity index (χ4n) is 19.6. The Morgan fingerprint density at radius 2 is 0.761 bits per heavy atom. The maximum atomic E-state index is 13.7. The fraction of sp³-hybridized carbons (Fsp3) is 0.944. The van der Waals surface area contributed by atoms with Crippen molar-refractivity contribution in [2.75, 3.05) is 0 Å². The van der Waals surface area contributed by atoms with Crippen molar-refractivity contribution < 1.29 is 48.3 Å². The van der Waals surface area contributed by atoms with Gasteiger partial charge in [0.25, 0.3) is 0 Å². The Kier molecular flexibility index (Phi) is 37.5. The molecule has 22 atom stereocenters. The Morgan fingerprint density at radius 3 is 1.02 bits per heavy atom. The number of fused-ring (bicyclic) bond motifs is 19. The van der Waals surface area contributed by atoms with Crippen molar-refractivity contribution in [1.82, 2.24) is 0 Å². The zero-order valence-electron chi connectivity index (χ0n) is 63.0.